The molecule has 0 spiro atoms. The zero-order valence-corrected chi connectivity index (χ0v) is 11.5. The second-order valence-electron chi connectivity index (χ2n) is 5.23. The van der Waals surface area contributed by atoms with Crippen LogP contribution in [0, 0.1) is 26.1 Å². The molecule has 114 valence electrons. The Balaban J connectivity index is 2.13. The summed E-state index contributed by atoms with van der Waals surface area (Å²) in [6, 6.07) is 3.76. The highest BCUT2D eigenvalue weighted by molar-refractivity contribution is 5.49. The standard InChI is InChI=1S/C13H17N3O5/c17-6-4-10-3-5-14(8-10)9-11-1-2-12(15(18)19)7-13(11)16(20)21/h1-2,7,10,17H,3-6,8-9H2. The molecule has 2 rings (SSSR count). The molecule has 1 saturated heterocycles. The van der Waals surface area contributed by atoms with Crippen LogP contribution in [0.4, 0.5) is 11.4 Å². The van der Waals surface area contributed by atoms with Crippen molar-refractivity contribution in [3.63, 3.8) is 0 Å². The van der Waals surface area contributed by atoms with Crippen LogP contribution in [0.25, 0.3) is 0 Å². The normalized spacial score (nSPS) is 18.8. The highest BCUT2D eigenvalue weighted by Crippen LogP contribution is 2.28. The van der Waals surface area contributed by atoms with Crippen molar-refractivity contribution in [1.82, 2.24) is 4.90 Å². The molecular formula is C13H17N3O5. The number of nitro benzene ring substituents is 2. The molecule has 0 aliphatic carbocycles. The Labute approximate surface area is 121 Å². The Morgan fingerprint density at radius 1 is 1.29 bits per heavy atom. The molecule has 1 unspecified atom stereocenters. The zero-order valence-electron chi connectivity index (χ0n) is 11.5. The van der Waals surface area contributed by atoms with Gasteiger partial charge in [-0.2, -0.15) is 0 Å². The molecule has 0 aromatic heterocycles. The smallest absolute Gasteiger partial charge is 0.280 e. The minimum Gasteiger partial charge on any atom is -0.396 e. The second-order valence-corrected chi connectivity index (χ2v) is 5.23. The fourth-order valence-electron chi connectivity index (χ4n) is 2.69. The van der Waals surface area contributed by atoms with Crippen LogP contribution < -0.4 is 0 Å². The van der Waals surface area contributed by atoms with E-state index in [0.29, 0.717) is 18.0 Å². The quantitative estimate of drug-likeness (QED) is 0.632. The number of benzene rings is 1. The average molecular weight is 295 g/mol. The van der Waals surface area contributed by atoms with E-state index in [0.717, 1.165) is 32.0 Å². The third-order valence-corrected chi connectivity index (χ3v) is 3.78. The SMILES string of the molecule is O=[N+]([O-])c1ccc(CN2CCC(CCO)C2)c([N+](=O)[O-])c1. The van der Waals surface area contributed by atoms with Crippen molar-refractivity contribution in [3.05, 3.63) is 44.0 Å². The maximum atomic E-state index is 11.1. The summed E-state index contributed by atoms with van der Waals surface area (Å²) in [5.41, 5.74) is -0.00455. The lowest BCUT2D eigenvalue weighted by atomic mass is 10.1. The summed E-state index contributed by atoms with van der Waals surface area (Å²) in [5, 5.41) is 30.7. The number of nitro groups is 2. The Morgan fingerprint density at radius 2 is 2.05 bits per heavy atom. The highest BCUT2D eigenvalue weighted by atomic mass is 16.6. The molecule has 0 saturated carbocycles. The van der Waals surface area contributed by atoms with Crippen molar-refractivity contribution >= 4 is 11.4 Å². The van der Waals surface area contributed by atoms with Crippen LogP contribution in [-0.4, -0.2) is 39.5 Å². The summed E-state index contributed by atoms with van der Waals surface area (Å²) in [5.74, 6) is 0.409. The maximum Gasteiger partial charge on any atom is 0.280 e. The van der Waals surface area contributed by atoms with Gasteiger partial charge in [-0.1, -0.05) is 0 Å². The van der Waals surface area contributed by atoms with Crippen molar-refractivity contribution < 1.29 is 15.0 Å². The lowest BCUT2D eigenvalue weighted by Gasteiger charge is -2.15. The van der Waals surface area contributed by atoms with E-state index in [1.807, 2.05) is 0 Å². The molecule has 21 heavy (non-hydrogen) atoms. The van der Waals surface area contributed by atoms with Gasteiger partial charge in [0, 0.05) is 31.3 Å². The van der Waals surface area contributed by atoms with Crippen molar-refractivity contribution in [1.29, 1.82) is 0 Å². The van der Waals surface area contributed by atoms with E-state index in [4.69, 9.17) is 5.11 Å². The summed E-state index contributed by atoms with van der Waals surface area (Å²) in [4.78, 5) is 22.6. The highest BCUT2D eigenvalue weighted by Gasteiger charge is 2.25. The van der Waals surface area contributed by atoms with E-state index in [9.17, 15) is 20.2 Å². The topological polar surface area (TPSA) is 110 Å². The molecule has 0 amide bonds. The summed E-state index contributed by atoms with van der Waals surface area (Å²) in [6.07, 6.45) is 1.69. The van der Waals surface area contributed by atoms with Gasteiger partial charge < -0.3 is 5.11 Å². The van der Waals surface area contributed by atoms with Crippen LogP contribution in [0.15, 0.2) is 18.2 Å². The van der Waals surface area contributed by atoms with Gasteiger partial charge in [0.1, 0.15) is 0 Å². The van der Waals surface area contributed by atoms with E-state index < -0.39 is 9.85 Å². The Morgan fingerprint density at radius 3 is 2.67 bits per heavy atom. The molecule has 8 nitrogen and oxygen atoms in total. The monoisotopic (exact) mass is 295 g/mol. The molecule has 0 radical (unpaired) electrons. The average Bonchev–Trinajstić information content (AvgIpc) is 2.86. The van der Waals surface area contributed by atoms with E-state index in [2.05, 4.69) is 4.90 Å². The predicted molar refractivity (Wildman–Crippen MR) is 74.8 cm³/mol. The van der Waals surface area contributed by atoms with Gasteiger partial charge in [-0.15, -0.1) is 0 Å². The van der Waals surface area contributed by atoms with Gasteiger partial charge in [0.15, 0.2) is 0 Å². The molecular weight excluding hydrogens is 278 g/mol. The summed E-state index contributed by atoms with van der Waals surface area (Å²) < 4.78 is 0. The molecule has 1 atom stereocenters. The van der Waals surface area contributed by atoms with Gasteiger partial charge in [-0.25, -0.2) is 0 Å². The summed E-state index contributed by atoms with van der Waals surface area (Å²) in [6.45, 7) is 2.15. The molecule has 1 heterocycles. The van der Waals surface area contributed by atoms with E-state index in [1.165, 1.54) is 12.1 Å². The fraction of sp³-hybridized carbons (Fsp3) is 0.538. The van der Waals surface area contributed by atoms with Crippen LogP contribution in [0.5, 0.6) is 0 Å². The van der Waals surface area contributed by atoms with Crippen molar-refractivity contribution in [2.75, 3.05) is 19.7 Å². The van der Waals surface area contributed by atoms with Crippen molar-refractivity contribution in [2.45, 2.75) is 19.4 Å². The molecule has 1 aliphatic rings. The summed E-state index contributed by atoms with van der Waals surface area (Å²) in [7, 11) is 0. The number of aliphatic hydroxyl groups is 1. The first-order chi connectivity index (χ1) is 10.0. The van der Waals surface area contributed by atoms with Gasteiger partial charge in [0.25, 0.3) is 11.4 Å². The number of aliphatic hydroxyl groups excluding tert-OH is 1. The first kappa shape index (κ1) is 15.3. The second kappa shape index (κ2) is 6.59. The lowest BCUT2D eigenvalue weighted by Crippen LogP contribution is -2.21. The molecule has 1 aromatic carbocycles. The zero-order chi connectivity index (χ0) is 15.4. The van der Waals surface area contributed by atoms with Crippen LogP contribution in [-0.2, 0) is 6.54 Å². The van der Waals surface area contributed by atoms with Crippen LogP contribution in [0.1, 0.15) is 18.4 Å². The van der Waals surface area contributed by atoms with E-state index in [1.54, 1.807) is 0 Å². The first-order valence-corrected chi connectivity index (χ1v) is 6.76. The van der Waals surface area contributed by atoms with Gasteiger partial charge >= 0.3 is 0 Å². The Hall–Kier alpha value is -2.06. The molecule has 1 aromatic rings. The number of hydrogen-bond acceptors (Lipinski definition) is 6. The van der Waals surface area contributed by atoms with Crippen LogP contribution in [0.3, 0.4) is 0 Å². The Kier molecular flexibility index (Phi) is 4.81. The number of nitrogens with zero attached hydrogens (tertiary/aromatic N) is 3. The number of likely N-dealkylation sites (tertiary alicyclic amines) is 1. The molecule has 1 N–H and O–H groups in total. The van der Waals surface area contributed by atoms with Crippen molar-refractivity contribution in [3.8, 4) is 0 Å². The minimum absolute atomic E-state index is 0.149. The third-order valence-electron chi connectivity index (χ3n) is 3.78. The lowest BCUT2D eigenvalue weighted by molar-refractivity contribution is -0.394. The molecule has 8 heteroatoms. The third kappa shape index (κ3) is 3.73. The van der Waals surface area contributed by atoms with Gasteiger partial charge in [0.05, 0.1) is 15.9 Å². The van der Waals surface area contributed by atoms with Gasteiger partial charge in [-0.05, 0) is 31.4 Å². The molecule has 0 bridgehead atoms. The molecule has 1 aliphatic heterocycles. The minimum atomic E-state index is -0.635. The fourth-order valence-corrected chi connectivity index (χ4v) is 2.69. The van der Waals surface area contributed by atoms with Crippen LogP contribution in [0.2, 0.25) is 0 Å². The number of hydrogen-bond donors (Lipinski definition) is 1. The van der Waals surface area contributed by atoms with E-state index in [-0.39, 0.29) is 18.0 Å². The van der Waals surface area contributed by atoms with Gasteiger partial charge in [-0.3, -0.25) is 25.1 Å². The number of rotatable bonds is 6. The first-order valence-electron chi connectivity index (χ1n) is 6.76. The molecule has 1 fully saturated rings. The summed E-state index contributed by atoms with van der Waals surface area (Å²) >= 11 is 0. The van der Waals surface area contributed by atoms with Gasteiger partial charge in [0.2, 0.25) is 0 Å². The number of non-ortho nitro benzene ring substituents is 1. The Bertz CT molecular complexity index is 549. The van der Waals surface area contributed by atoms with Crippen molar-refractivity contribution in [2.24, 2.45) is 5.92 Å². The van der Waals surface area contributed by atoms with E-state index >= 15 is 0 Å². The maximum absolute atomic E-state index is 11.1. The largest absolute Gasteiger partial charge is 0.396 e. The predicted octanol–water partition coefficient (Wildman–Crippen LogP) is 1.71. The van der Waals surface area contributed by atoms with Crippen LogP contribution >= 0.6 is 0 Å².